The number of aliphatic carboxylic acids is 1. The van der Waals surface area contributed by atoms with Crippen LogP contribution in [0.5, 0.6) is 0 Å². The Labute approximate surface area is 119 Å². The van der Waals surface area contributed by atoms with Gasteiger partial charge in [0.1, 0.15) is 0 Å². The van der Waals surface area contributed by atoms with Crippen molar-refractivity contribution in [2.24, 2.45) is 0 Å². The van der Waals surface area contributed by atoms with Gasteiger partial charge in [-0.3, -0.25) is 4.79 Å². The molecule has 1 saturated heterocycles. The average Bonchev–Trinajstić information content (AvgIpc) is 2.84. The zero-order valence-corrected chi connectivity index (χ0v) is 11.9. The molecule has 1 aromatic heterocycles. The third-order valence-electron chi connectivity index (χ3n) is 3.04. The van der Waals surface area contributed by atoms with E-state index in [1.54, 1.807) is 17.9 Å². The highest BCUT2D eigenvalue weighted by Gasteiger charge is 2.31. The molecule has 0 bridgehead atoms. The summed E-state index contributed by atoms with van der Waals surface area (Å²) < 4.78 is 5.74. The molecule has 1 N–H and O–H groups in total. The Morgan fingerprint density at radius 2 is 2.32 bits per heavy atom. The number of hydrogen-bond donors (Lipinski definition) is 1. The van der Waals surface area contributed by atoms with Crippen molar-refractivity contribution in [1.29, 1.82) is 0 Å². The fraction of sp³-hybridized carbons (Fsp3) is 0.500. The van der Waals surface area contributed by atoms with Gasteiger partial charge in [0.15, 0.2) is 6.10 Å². The lowest BCUT2D eigenvalue weighted by atomic mass is 10.1. The Bertz CT molecular complexity index is 490. The van der Waals surface area contributed by atoms with E-state index in [1.807, 2.05) is 6.07 Å². The van der Waals surface area contributed by atoms with E-state index < -0.39 is 12.1 Å². The lowest BCUT2D eigenvalue weighted by Crippen LogP contribution is -2.49. The molecule has 2 heterocycles. The molecular formula is C12H14ClNO4S. The summed E-state index contributed by atoms with van der Waals surface area (Å²) in [7, 11) is 0. The lowest BCUT2D eigenvalue weighted by Gasteiger charge is -2.32. The number of carboxylic acids is 1. The molecule has 2 rings (SSSR count). The second kappa shape index (κ2) is 5.90. The van der Waals surface area contributed by atoms with Crippen molar-refractivity contribution in [3.05, 3.63) is 21.3 Å². The molecule has 1 aliphatic heterocycles. The van der Waals surface area contributed by atoms with Gasteiger partial charge in [-0.25, -0.2) is 4.79 Å². The molecule has 2 atom stereocenters. The highest BCUT2D eigenvalue weighted by atomic mass is 35.5. The van der Waals surface area contributed by atoms with Crippen molar-refractivity contribution in [3.63, 3.8) is 0 Å². The van der Waals surface area contributed by atoms with Crippen molar-refractivity contribution in [2.75, 3.05) is 19.7 Å². The summed E-state index contributed by atoms with van der Waals surface area (Å²) in [5, 5.41) is 8.92. The lowest BCUT2D eigenvalue weighted by molar-refractivity contribution is -0.159. The molecular weight excluding hydrogens is 290 g/mol. The Balaban J connectivity index is 2.04. The number of hydrogen-bond acceptors (Lipinski definition) is 4. The molecule has 1 fully saturated rings. The number of thiophene rings is 1. The molecule has 1 aromatic rings. The van der Waals surface area contributed by atoms with E-state index in [9.17, 15) is 9.59 Å². The molecule has 0 aliphatic carbocycles. The van der Waals surface area contributed by atoms with Crippen LogP contribution in [0.25, 0.3) is 0 Å². The van der Waals surface area contributed by atoms with Gasteiger partial charge in [-0.15, -0.1) is 11.3 Å². The topological polar surface area (TPSA) is 66.8 Å². The van der Waals surface area contributed by atoms with Crippen LogP contribution in [0.4, 0.5) is 0 Å². The second-order valence-corrected chi connectivity index (χ2v) is 6.09. The van der Waals surface area contributed by atoms with Gasteiger partial charge >= 0.3 is 5.97 Å². The van der Waals surface area contributed by atoms with Crippen LogP contribution in [0, 0.1) is 0 Å². The van der Waals surface area contributed by atoms with Crippen LogP contribution in [0.1, 0.15) is 17.7 Å². The van der Waals surface area contributed by atoms with Crippen LogP contribution < -0.4 is 0 Å². The summed E-state index contributed by atoms with van der Waals surface area (Å²) >= 11 is 7.22. The third kappa shape index (κ3) is 3.26. The Kier molecular flexibility index (Phi) is 4.44. The Hall–Kier alpha value is -1.11. The number of nitrogens with zero attached hydrogens (tertiary/aromatic N) is 1. The fourth-order valence-electron chi connectivity index (χ4n) is 1.96. The maximum absolute atomic E-state index is 12.3. The zero-order valence-electron chi connectivity index (χ0n) is 10.3. The maximum atomic E-state index is 12.3. The predicted octanol–water partition coefficient (Wildman–Crippen LogP) is 1.82. The number of halogens is 1. The highest BCUT2D eigenvalue weighted by Crippen LogP contribution is 2.29. The largest absolute Gasteiger partial charge is 0.479 e. The molecule has 0 unspecified atom stereocenters. The Morgan fingerprint density at radius 1 is 1.58 bits per heavy atom. The third-order valence-corrected chi connectivity index (χ3v) is 4.46. The van der Waals surface area contributed by atoms with Crippen LogP contribution in [-0.2, 0) is 14.3 Å². The maximum Gasteiger partial charge on any atom is 0.334 e. The first-order valence-electron chi connectivity index (χ1n) is 5.87. The van der Waals surface area contributed by atoms with Crippen LogP contribution >= 0.6 is 22.9 Å². The molecule has 5 nitrogen and oxygen atoms in total. The van der Waals surface area contributed by atoms with E-state index in [0.717, 1.165) is 4.88 Å². The molecule has 0 spiro atoms. The highest BCUT2D eigenvalue weighted by molar-refractivity contribution is 7.16. The van der Waals surface area contributed by atoms with Crippen molar-refractivity contribution < 1.29 is 19.4 Å². The average molecular weight is 304 g/mol. The van der Waals surface area contributed by atoms with Gasteiger partial charge in [-0.05, 0) is 19.1 Å². The first kappa shape index (κ1) is 14.3. The van der Waals surface area contributed by atoms with Gasteiger partial charge in [0.05, 0.1) is 23.4 Å². The van der Waals surface area contributed by atoms with E-state index in [4.69, 9.17) is 21.4 Å². The van der Waals surface area contributed by atoms with E-state index in [-0.39, 0.29) is 25.0 Å². The van der Waals surface area contributed by atoms with Gasteiger partial charge in [0.2, 0.25) is 5.91 Å². The van der Waals surface area contributed by atoms with Gasteiger partial charge in [0, 0.05) is 11.4 Å². The SMILES string of the molecule is C[C@@H](C(=O)N1CCO[C@H](C(=O)O)C1)c1ccc(Cl)s1. The standard InChI is InChI=1S/C12H14ClNO4S/c1-7(9-2-3-10(13)19-9)11(15)14-4-5-18-8(6-14)12(16)17/h2-3,7-8H,4-6H2,1H3,(H,16,17)/t7-,8+/m1/s1. The van der Waals surface area contributed by atoms with E-state index >= 15 is 0 Å². The quantitative estimate of drug-likeness (QED) is 0.925. The smallest absolute Gasteiger partial charge is 0.334 e. The molecule has 7 heteroatoms. The van der Waals surface area contributed by atoms with E-state index in [2.05, 4.69) is 0 Å². The fourth-order valence-corrected chi connectivity index (χ4v) is 3.06. The number of carbonyl (C=O) groups is 2. The Morgan fingerprint density at radius 3 is 2.89 bits per heavy atom. The minimum atomic E-state index is -1.04. The summed E-state index contributed by atoms with van der Waals surface area (Å²) in [4.78, 5) is 25.6. The predicted molar refractivity (Wildman–Crippen MR) is 71.7 cm³/mol. The van der Waals surface area contributed by atoms with Crippen LogP contribution in [0.3, 0.4) is 0 Å². The molecule has 0 radical (unpaired) electrons. The van der Waals surface area contributed by atoms with Gasteiger partial charge < -0.3 is 14.7 Å². The molecule has 104 valence electrons. The van der Waals surface area contributed by atoms with E-state index in [0.29, 0.717) is 10.9 Å². The summed E-state index contributed by atoms with van der Waals surface area (Å²) in [6, 6.07) is 3.58. The number of rotatable bonds is 3. The number of ether oxygens (including phenoxy) is 1. The summed E-state index contributed by atoms with van der Waals surface area (Å²) in [5.41, 5.74) is 0. The first-order valence-corrected chi connectivity index (χ1v) is 7.07. The van der Waals surface area contributed by atoms with Crippen molar-refractivity contribution in [3.8, 4) is 0 Å². The summed E-state index contributed by atoms with van der Waals surface area (Å²) in [6.07, 6.45) is -0.933. The molecule has 1 amide bonds. The minimum absolute atomic E-state index is 0.0898. The van der Waals surface area contributed by atoms with Crippen LogP contribution in [0.2, 0.25) is 4.34 Å². The number of amides is 1. The minimum Gasteiger partial charge on any atom is -0.479 e. The van der Waals surface area contributed by atoms with E-state index in [1.165, 1.54) is 11.3 Å². The number of morpholine rings is 1. The molecule has 19 heavy (non-hydrogen) atoms. The molecule has 1 aliphatic rings. The number of carboxylic acid groups (broad SMARTS) is 1. The molecule has 0 aromatic carbocycles. The van der Waals surface area contributed by atoms with Crippen molar-refractivity contribution >= 4 is 34.8 Å². The first-order chi connectivity index (χ1) is 8.99. The summed E-state index contributed by atoms with van der Waals surface area (Å²) in [6.45, 7) is 2.57. The van der Waals surface area contributed by atoms with Crippen LogP contribution in [-0.4, -0.2) is 47.7 Å². The van der Waals surface area contributed by atoms with Crippen molar-refractivity contribution in [1.82, 2.24) is 4.90 Å². The van der Waals surface area contributed by atoms with Crippen LogP contribution in [0.15, 0.2) is 12.1 Å². The zero-order chi connectivity index (χ0) is 14.0. The van der Waals surface area contributed by atoms with Gasteiger partial charge in [-0.1, -0.05) is 11.6 Å². The van der Waals surface area contributed by atoms with Crippen molar-refractivity contribution in [2.45, 2.75) is 18.9 Å². The number of carbonyl (C=O) groups excluding carboxylic acids is 1. The molecule has 0 saturated carbocycles. The summed E-state index contributed by atoms with van der Waals surface area (Å²) in [5.74, 6) is -1.44. The monoisotopic (exact) mass is 303 g/mol. The second-order valence-electron chi connectivity index (χ2n) is 4.35. The van der Waals surface area contributed by atoms with Gasteiger partial charge in [0.25, 0.3) is 0 Å². The normalized spacial score (nSPS) is 21.2. The van der Waals surface area contributed by atoms with Gasteiger partial charge in [-0.2, -0.15) is 0 Å².